The molecule has 1 aliphatic heterocycles. The Morgan fingerprint density at radius 1 is 1.06 bits per heavy atom. The monoisotopic (exact) mass is 471 g/mol. The summed E-state index contributed by atoms with van der Waals surface area (Å²) in [5.41, 5.74) is 1.94. The van der Waals surface area contributed by atoms with Gasteiger partial charge in [-0.3, -0.25) is 4.79 Å². The second-order valence-corrected chi connectivity index (χ2v) is 9.40. The van der Waals surface area contributed by atoms with Crippen molar-refractivity contribution in [3.8, 4) is 0 Å². The quantitative estimate of drug-likeness (QED) is 0.597. The number of aryl methyl sites for hydroxylation is 1. The lowest BCUT2D eigenvalue weighted by Crippen LogP contribution is -2.38. The second-order valence-electron chi connectivity index (χ2n) is 7.16. The van der Waals surface area contributed by atoms with Crippen LogP contribution in [-0.4, -0.2) is 31.0 Å². The lowest BCUT2D eigenvalue weighted by molar-refractivity contribution is -0.116. The lowest BCUT2D eigenvalue weighted by atomic mass is 10.0. The van der Waals surface area contributed by atoms with Crippen LogP contribution in [0.3, 0.4) is 0 Å². The molecule has 0 fully saturated rings. The molecule has 0 saturated carbocycles. The van der Waals surface area contributed by atoms with E-state index in [0.29, 0.717) is 10.1 Å². The Bertz CT molecular complexity index is 1340. The van der Waals surface area contributed by atoms with Gasteiger partial charge in [-0.05, 0) is 54.4 Å². The van der Waals surface area contributed by atoms with Crippen molar-refractivity contribution in [2.75, 3.05) is 11.9 Å². The fraction of sp³-hybridized carbons (Fsp3) is 0.130. The number of hydrogen-bond acceptors (Lipinski definition) is 4. The molecule has 0 aliphatic carbocycles. The van der Waals surface area contributed by atoms with Gasteiger partial charge in [-0.1, -0.05) is 42.8 Å². The summed E-state index contributed by atoms with van der Waals surface area (Å²) in [4.78, 5) is 12.6. The van der Waals surface area contributed by atoms with Crippen molar-refractivity contribution in [2.45, 2.75) is 18.2 Å². The van der Waals surface area contributed by atoms with Crippen LogP contribution in [0.5, 0.6) is 0 Å². The number of hydrogen-bond donors (Lipinski definition) is 1. The number of carbonyl (C=O) groups is 1. The zero-order valence-electron chi connectivity index (χ0n) is 17.0. The molecule has 0 bridgehead atoms. The van der Waals surface area contributed by atoms with E-state index in [0.717, 1.165) is 12.0 Å². The largest absolute Gasteiger partial charge is 0.324 e. The Hall–Kier alpha value is -3.23. The van der Waals surface area contributed by atoms with E-state index in [2.05, 4.69) is 10.4 Å². The van der Waals surface area contributed by atoms with Crippen molar-refractivity contribution >= 4 is 38.9 Å². The highest BCUT2D eigenvalue weighted by molar-refractivity contribution is 7.89. The predicted molar refractivity (Wildman–Crippen MR) is 122 cm³/mol. The van der Waals surface area contributed by atoms with Crippen LogP contribution >= 0.6 is 11.6 Å². The third-order valence-electron chi connectivity index (χ3n) is 4.99. The molecule has 0 spiro atoms. The summed E-state index contributed by atoms with van der Waals surface area (Å²) in [5.74, 6) is -1.15. The number of benzene rings is 3. The lowest BCUT2D eigenvalue weighted by Gasteiger charge is -2.27. The standard InChI is InChI=1S/C23H19ClFN3O3S/c1-2-15-6-5-7-17(12-15)26-22(29)14-28-27-23(18-8-3-4-9-20(18)25)19-13-16(24)10-11-21(19)32(28,30)31/h3-13H,2,14H2,1H3,(H,26,29). The molecule has 164 valence electrons. The molecule has 3 aromatic carbocycles. The Labute approximate surface area is 190 Å². The first-order valence-corrected chi connectivity index (χ1v) is 11.7. The molecule has 1 amide bonds. The Morgan fingerprint density at radius 2 is 1.84 bits per heavy atom. The molecule has 1 N–H and O–H groups in total. The van der Waals surface area contributed by atoms with Gasteiger partial charge in [0.1, 0.15) is 18.1 Å². The Kier molecular flexibility index (Phi) is 5.99. The van der Waals surface area contributed by atoms with Gasteiger partial charge in [0.25, 0.3) is 10.0 Å². The average Bonchev–Trinajstić information content (AvgIpc) is 2.76. The van der Waals surface area contributed by atoms with Crippen LogP contribution in [0.2, 0.25) is 5.02 Å². The minimum Gasteiger partial charge on any atom is -0.324 e. The minimum absolute atomic E-state index is 0.0798. The number of sulfonamides is 1. The predicted octanol–water partition coefficient (Wildman–Crippen LogP) is 4.44. The van der Waals surface area contributed by atoms with E-state index in [-0.39, 0.29) is 26.8 Å². The minimum atomic E-state index is -4.15. The van der Waals surface area contributed by atoms with E-state index in [1.165, 1.54) is 36.4 Å². The zero-order chi connectivity index (χ0) is 22.9. The maximum atomic E-state index is 14.5. The van der Waals surface area contributed by atoms with E-state index in [4.69, 9.17) is 11.6 Å². The molecule has 6 nitrogen and oxygen atoms in total. The van der Waals surface area contributed by atoms with Crippen LogP contribution < -0.4 is 5.32 Å². The van der Waals surface area contributed by atoms with Gasteiger partial charge >= 0.3 is 0 Å². The average molecular weight is 472 g/mol. The zero-order valence-corrected chi connectivity index (χ0v) is 18.6. The summed E-state index contributed by atoms with van der Waals surface area (Å²) in [5, 5.41) is 7.14. The summed E-state index contributed by atoms with van der Waals surface area (Å²) < 4.78 is 41.6. The third-order valence-corrected chi connectivity index (χ3v) is 6.90. The van der Waals surface area contributed by atoms with Crippen LogP contribution in [0.1, 0.15) is 23.6 Å². The molecule has 0 unspecified atom stereocenters. The van der Waals surface area contributed by atoms with Crippen molar-refractivity contribution in [3.63, 3.8) is 0 Å². The van der Waals surface area contributed by atoms with Gasteiger partial charge in [0.15, 0.2) is 0 Å². The molecule has 4 rings (SSSR count). The molecule has 0 atom stereocenters. The van der Waals surface area contributed by atoms with Gasteiger partial charge in [0, 0.05) is 21.8 Å². The van der Waals surface area contributed by atoms with Crippen LogP contribution in [0.15, 0.2) is 76.7 Å². The summed E-state index contributed by atoms with van der Waals surface area (Å²) in [6, 6.07) is 17.3. The number of hydrazone groups is 1. The number of fused-ring (bicyclic) bond motifs is 1. The van der Waals surface area contributed by atoms with Crippen LogP contribution in [-0.2, 0) is 21.2 Å². The fourth-order valence-corrected chi connectivity index (χ4v) is 4.96. The fourth-order valence-electron chi connectivity index (χ4n) is 3.41. The molecule has 32 heavy (non-hydrogen) atoms. The van der Waals surface area contributed by atoms with E-state index >= 15 is 0 Å². The topological polar surface area (TPSA) is 78.8 Å². The van der Waals surface area contributed by atoms with Crippen molar-refractivity contribution in [1.82, 2.24) is 4.41 Å². The van der Waals surface area contributed by atoms with Gasteiger partial charge < -0.3 is 5.32 Å². The summed E-state index contributed by atoms with van der Waals surface area (Å²) >= 11 is 6.08. The second kappa shape index (κ2) is 8.72. The Balaban J connectivity index is 1.73. The van der Waals surface area contributed by atoms with E-state index < -0.39 is 28.3 Å². The summed E-state index contributed by atoms with van der Waals surface area (Å²) in [7, 11) is -4.15. The maximum absolute atomic E-state index is 14.5. The van der Waals surface area contributed by atoms with Crippen molar-refractivity contribution < 1.29 is 17.6 Å². The van der Waals surface area contributed by atoms with Gasteiger partial charge in [-0.25, -0.2) is 4.39 Å². The smallest absolute Gasteiger partial charge is 0.280 e. The summed E-state index contributed by atoms with van der Waals surface area (Å²) in [6.45, 7) is 1.42. The highest BCUT2D eigenvalue weighted by Crippen LogP contribution is 2.31. The SMILES string of the molecule is CCc1cccc(NC(=O)CN2N=C(c3ccccc3F)c3cc(Cl)ccc3S2(=O)=O)c1. The van der Waals surface area contributed by atoms with Crippen molar-refractivity contribution in [3.05, 3.63) is 94.3 Å². The molecule has 9 heteroatoms. The number of nitrogens with zero attached hydrogens (tertiary/aromatic N) is 2. The third kappa shape index (κ3) is 4.24. The van der Waals surface area contributed by atoms with Crippen LogP contribution in [0.4, 0.5) is 10.1 Å². The maximum Gasteiger partial charge on any atom is 0.280 e. The highest BCUT2D eigenvalue weighted by atomic mass is 35.5. The van der Waals surface area contributed by atoms with Gasteiger partial charge in [0.05, 0.1) is 4.90 Å². The number of halogens is 2. The molecule has 3 aromatic rings. The molecule has 0 radical (unpaired) electrons. The first kappa shape index (κ1) is 22.0. The molecular weight excluding hydrogens is 453 g/mol. The Morgan fingerprint density at radius 3 is 2.59 bits per heavy atom. The van der Waals surface area contributed by atoms with E-state index in [1.54, 1.807) is 18.2 Å². The van der Waals surface area contributed by atoms with Crippen LogP contribution in [0, 0.1) is 5.82 Å². The van der Waals surface area contributed by atoms with Gasteiger partial charge in [-0.2, -0.15) is 17.9 Å². The van der Waals surface area contributed by atoms with E-state index in [1.807, 2.05) is 19.1 Å². The molecule has 1 aliphatic rings. The number of amides is 1. The van der Waals surface area contributed by atoms with Crippen LogP contribution in [0.25, 0.3) is 0 Å². The molecule has 1 heterocycles. The molecule has 0 saturated heterocycles. The summed E-state index contributed by atoms with van der Waals surface area (Å²) in [6.07, 6.45) is 0.792. The highest BCUT2D eigenvalue weighted by Gasteiger charge is 2.35. The number of nitrogens with one attached hydrogen (secondary N) is 1. The van der Waals surface area contributed by atoms with Crippen molar-refractivity contribution in [2.24, 2.45) is 5.10 Å². The molecular formula is C23H19ClFN3O3S. The first-order chi connectivity index (χ1) is 15.3. The van der Waals surface area contributed by atoms with E-state index in [9.17, 15) is 17.6 Å². The van der Waals surface area contributed by atoms with Gasteiger partial charge in [0.2, 0.25) is 5.91 Å². The first-order valence-electron chi connectivity index (χ1n) is 9.84. The van der Waals surface area contributed by atoms with Crippen molar-refractivity contribution in [1.29, 1.82) is 0 Å². The van der Waals surface area contributed by atoms with Gasteiger partial charge in [-0.15, -0.1) is 0 Å². The number of anilines is 1. The number of carbonyl (C=O) groups excluding carboxylic acids is 1. The normalized spacial score (nSPS) is 14.5. The molecule has 0 aromatic heterocycles. The number of rotatable bonds is 5.